The molecule has 8 nitrogen and oxygen atoms in total. The number of ketones is 1. The van der Waals surface area contributed by atoms with Crippen LogP contribution in [0.4, 0.5) is 0 Å². The molecular weight excluding hydrogens is 418 g/mol. The second-order valence-electron chi connectivity index (χ2n) is 7.73. The van der Waals surface area contributed by atoms with E-state index in [1.54, 1.807) is 24.3 Å². The van der Waals surface area contributed by atoms with Gasteiger partial charge in [-0.15, -0.1) is 0 Å². The van der Waals surface area contributed by atoms with E-state index in [1.807, 2.05) is 6.07 Å². The molecule has 0 bridgehead atoms. The predicted octanol–water partition coefficient (Wildman–Crippen LogP) is 2.42. The molecule has 2 aromatic carbocycles. The second kappa shape index (κ2) is 8.60. The van der Waals surface area contributed by atoms with Gasteiger partial charge in [0.25, 0.3) is 5.56 Å². The van der Waals surface area contributed by atoms with Crippen LogP contribution in [-0.4, -0.2) is 41.1 Å². The van der Waals surface area contributed by atoms with Crippen molar-refractivity contribution < 1.29 is 13.2 Å². The molecule has 0 saturated carbocycles. The zero-order chi connectivity index (χ0) is 22.0. The van der Waals surface area contributed by atoms with E-state index in [4.69, 9.17) is 0 Å². The molecule has 1 aliphatic heterocycles. The minimum absolute atomic E-state index is 0.0309. The van der Waals surface area contributed by atoms with Crippen molar-refractivity contribution in [1.29, 1.82) is 0 Å². The third-order valence-electron chi connectivity index (χ3n) is 5.66. The van der Waals surface area contributed by atoms with Gasteiger partial charge in [-0.3, -0.25) is 14.6 Å². The van der Waals surface area contributed by atoms with Gasteiger partial charge in [-0.2, -0.15) is 4.31 Å². The molecule has 0 radical (unpaired) electrons. The molecule has 2 N–H and O–H groups in total. The van der Waals surface area contributed by atoms with Crippen LogP contribution in [0.1, 0.15) is 42.5 Å². The Morgan fingerprint density at radius 1 is 1.00 bits per heavy atom. The van der Waals surface area contributed by atoms with E-state index in [1.165, 1.54) is 22.5 Å². The number of hydrogen-bond acceptors (Lipinski definition) is 5. The zero-order valence-electron chi connectivity index (χ0n) is 16.8. The Labute approximate surface area is 179 Å². The molecule has 0 spiro atoms. The lowest BCUT2D eigenvalue weighted by Crippen LogP contribution is -2.41. The summed E-state index contributed by atoms with van der Waals surface area (Å²) in [6, 6.07) is 12.5. The van der Waals surface area contributed by atoms with E-state index in [2.05, 4.69) is 9.97 Å². The number of nitrogens with one attached hydrogen (secondary N) is 2. The van der Waals surface area contributed by atoms with Crippen molar-refractivity contribution in [3.05, 3.63) is 74.9 Å². The number of fused-ring (bicyclic) bond motifs is 1. The number of sulfonamides is 1. The number of carbonyl (C=O) groups is 1. The van der Waals surface area contributed by atoms with Crippen LogP contribution in [-0.2, 0) is 10.0 Å². The normalized spacial score (nSPS) is 18.0. The van der Waals surface area contributed by atoms with E-state index in [-0.39, 0.29) is 28.0 Å². The molecule has 0 amide bonds. The van der Waals surface area contributed by atoms with Crippen molar-refractivity contribution >= 4 is 26.7 Å². The molecule has 162 valence electrons. The Kier molecular flexibility index (Phi) is 5.88. The van der Waals surface area contributed by atoms with E-state index >= 15 is 0 Å². The lowest BCUT2D eigenvalue weighted by Gasteiger charge is -2.29. The standard InChI is InChI=1S/C22H23N3O5S/c26-20(15-7-3-1-4-8-15)13-16-9-5-2-6-12-25(16)31(29,30)17-10-11-19-18(14-17)21(27)24-22(28)23-19/h1,3-4,7-8,10-11,14,16H,2,5-6,9,12-13H2,(H2,23,24,27,28). The molecule has 1 unspecified atom stereocenters. The quantitative estimate of drug-likeness (QED) is 0.589. The fourth-order valence-corrected chi connectivity index (χ4v) is 5.79. The second-order valence-corrected chi connectivity index (χ2v) is 9.62. The molecular formula is C22H23N3O5S. The van der Waals surface area contributed by atoms with Crippen LogP contribution in [0.15, 0.2) is 63.0 Å². The Morgan fingerprint density at radius 2 is 1.77 bits per heavy atom. The summed E-state index contributed by atoms with van der Waals surface area (Å²) in [4.78, 5) is 41.0. The number of aromatic amines is 2. The minimum Gasteiger partial charge on any atom is -0.307 e. The highest BCUT2D eigenvalue weighted by Gasteiger charge is 2.34. The fraction of sp³-hybridized carbons (Fsp3) is 0.318. The average Bonchev–Trinajstić information content (AvgIpc) is 3.00. The first-order valence-corrected chi connectivity index (χ1v) is 11.7. The Hall–Kier alpha value is -3.04. The van der Waals surface area contributed by atoms with Crippen molar-refractivity contribution in [2.45, 2.75) is 43.0 Å². The summed E-state index contributed by atoms with van der Waals surface area (Å²) in [5.74, 6) is -0.0970. The van der Waals surface area contributed by atoms with Gasteiger partial charge >= 0.3 is 5.69 Å². The lowest BCUT2D eigenvalue weighted by molar-refractivity contribution is 0.0952. The van der Waals surface area contributed by atoms with E-state index in [9.17, 15) is 22.8 Å². The first-order chi connectivity index (χ1) is 14.9. The molecule has 1 aliphatic rings. The number of nitrogens with zero attached hydrogens (tertiary/aromatic N) is 1. The minimum atomic E-state index is -3.94. The number of benzene rings is 2. The third kappa shape index (κ3) is 4.38. The summed E-state index contributed by atoms with van der Waals surface area (Å²) in [5.41, 5.74) is -0.479. The number of carbonyl (C=O) groups excluding carboxylic acids is 1. The molecule has 1 saturated heterocycles. The monoisotopic (exact) mass is 441 g/mol. The van der Waals surface area contributed by atoms with Gasteiger partial charge in [-0.25, -0.2) is 13.2 Å². The van der Waals surface area contributed by atoms with Crippen LogP contribution >= 0.6 is 0 Å². The Bertz CT molecular complexity index is 1330. The molecule has 2 heterocycles. The number of H-pyrrole nitrogens is 2. The van der Waals surface area contributed by atoms with E-state index < -0.39 is 27.3 Å². The highest BCUT2D eigenvalue weighted by molar-refractivity contribution is 7.89. The topological polar surface area (TPSA) is 120 Å². The third-order valence-corrected chi connectivity index (χ3v) is 7.61. The summed E-state index contributed by atoms with van der Waals surface area (Å²) < 4.78 is 28.4. The van der Waals surface area contributed by atoms with Crippen LogP contribution in [0.3, 0.4) is 0 Å². The van der Waals surface area contributed by atoms with Crippen molar-refractivity contribution in [2.75, 3.05) is 6.54 Å². The van der Waals surface area contributed by atoms with Gasteiger partial charge < -0.3 is 4.98 Å². The molecule has 1 aromatic heterocycles. The highest BCUT2D eigenvalue weighted by atomic mass is 32.2. The smallest absolute Gasteiger partial charge is 0.307 e. The van der Waals surface area contributed by atoms with Crippen LogP contribution in [0.2, 0.25) is 0 Å². The van der Waals surface area contributed by atoms with Crippen molar-refractivity contribution in [2.24, 2.45) is 0 Å². The Balaban J connectivity index is 1.70. The predicted molar refractivity (Wildman–Crippen MR) is 117 cm³/mol. The highest BCUT2D eigenvalue weighted by Crippen LogP contribution is 2.28. The van der Waals surface area contributed by atoms with Gasteiger partial charge in [0.2, 0.25) is 10.0 Å². The molecule has 0 aliphatic carbocycles. The molecule has 9 heteroatoms. The van der Waals surface area contributed by atoms with Gasteiger partial charge in [0.15, 0.2) is 5.78 Å². The van der Waals surface area contributed by atoms with E-state index in [0.717, 1.165) is 12.8 Å². The molecule has 31 heavy (non-hydrogen) atoms. The summed E-state index contributed by atoms with van der Waals surface area (Å²) in [7, 11) is -3.94. The van der Waals surface area contributed by atoms with Gasteiger partial charge in [-0.05, 0) is 31.0 Å². The summed E-state index contributed by atoms with van der Waals surface area (Å²) in [6.07, 6.45) is 3.14. The summed E-state index contributed by atoms with van der Waals surface area (Å²) in [5, 5.41) is 0.0902. The molecule has 4 rings (SSSR count). The van der Waals surface area contributed by atoms with Gasteiger partial charge in [-0.1, -0.05) is 43.2 Å². The summed E-state index contributed by atoms with van der Waals surface area (Å²) in [6.45, 7) is 0.315. The maximum atomic E-state index is 13.5. The molecule has 1 fully saturated rings. The molecule has 3 aromatic rings. The van der Waals surface area contributed by atoms with Crippen molar-refractivity contribution in [3.63, 3.8) is 0 Å². The van der Waals surface area contributed by atoms with Gasteiger partial charge in [0.1, 0.15) is 0 Å². The number of hydrogen-bond donors (Lipinski definition) is 2. The first-order valence-electron chi connectivity index (χ1n) is 10.2. The Morgan fingerprint density at radius 3 is 2.55 bits per heavy atom. The number of rotatable bonds is 5. The largest absolute Gasteiger partial charge is 0.326 e. The van der Waals surface area contributed by atoms with Gasteiger partial charge in [0, 0.05) is 24.6 Å². The first kappa shape index (κ1) is 21.2. The average molecular weight is 442 g/mol. The van der Waals surface area contributed by atoms with Crippen LogP contribution < -0.4 is 11.2 Å². The number of aromatic nitrogens is 2. The maximum Gasteiger partial charge on any atom is 0.326 e. The van der Waals surface area contributed by atoms with Crippen molar-refractivity contribution in [1.82, 2.24) is 14.3 Å². The fourth-order valence-electron chi connectivity index (χ4n) is 4.07. The van der Waals surface area contributed by atoms with Gasteiger partial charge in [0.05, 0.1) is 15.8 Å². The number of Topliss-reactive ketones (excluding diaryl/α,β-unsaturated/α-hetero) is 1. The molecule has 1 atom stereocenters. The maximum absolute atomic E-state index is 13.5. The van der Waals surface area contributed by atoms with Crippen LogP contribution in [0.5, 0.6) is 0 Å². The SMILES string of the molecule is O=C(CC1CCCCCN1S(=O)(=O)c1ccc2[nH]c(=O)[nH]c(=O)c2c1)c1ccccc1. The van der Waals surface area contributed by atoms with Crippen molar-refractivity contribution in [3.8, 4) is 0 Å². The van der Waals surface area contributed by atoms with Crippen LogP contribution in [0.25, 0.3) is 10.9 Å². The zero-order valence-corrected chi connectivity index (χ0v) is 17.7. The lowest BCUT2D eigenvalue weighted by atomic mass is 10.0. The van der Waals surface area contributed by atoms with E-state index in [0.29, 0.717) is 24.9 Å². The summed E-state index contributed by atoms with van der Waals surface area (Å²) >= 11 is 0. The van der Waals surface area contributed by atoms with Crippen LogP contribution in [0, 0.1) is 0 Å².